The Morgan fingerprint density at radius 3 is 3.21 bits per heavy atom. The van der Waals surface area contributed by atoms with Crippen LogP contribution in [0, 0.1) is 5.92 Å². The van der Waals surface area contributed by atoms with Crippen LogP contribution in [0.3, 0.4) is 0 Å². The van der Waals surface area contributed by atoms with E-state index in [9.17, 15) is 0 Å². The zero-order valence-electron chi connectivity index (χ0n) is 8.28. The standard InChI is InChI=1S/C10H17N3O/c11-6-8-2-1-3-10(8)12-7-9-4-5-13-14-9/h4-5,8,10,12H,1-3,6-7,11H2. The molecule has 1 aliphatic carbocycles. The summed E-state index contributed by atoms with van der Waals surface area (Å²) >= 11 is 0. The fourth-order valence-electron chi connectivity index (χ4n) is 2.15. The summed E-state index contributed by atoms with van der Waals surface area (Å²) in [7, 11) is 0. The highest BCUT2D eigenvalue weighted by Crippen LogP contribution is 2.24. The molecule has 3 N–H and O–H groups in total. The van der Waals surface area contributed by atoms with E-state index >= 15 is 0 Å². The van der Waals surface area contributed by atoms with Crippen LogP contribution in [0.25, 0.3) is 0 Å². The Labute approximate surface area is 83.8 Å². The molecule has 0 saturated heterocycles. The normalized spacial score (nSPS) is 26.9. The molecule has 1 aromatic rings. The van der Waals surface area contributed by atoms with Gasteiger partial charge in [-0.25, -0.2) is 0 Å². The maximum absolute atomic E-state index is 5.70. The topological polar surface area (TPSA) is 64.1 Å². The molecule has 0 aliphatic heterocycles. The average Bonchev–Trinajstić information content (AvgIpc) is 2.85. The summed E-state index contributed by atoms with van der Waals surface area (Å²) in [6.07, 6.45) is 5.45. The van der Waals surface area contributed by atoms with Gasteiger partial charge in [0.1, 0.15) is 5.76 Å². The number of hydrogen-bond donors (Lipinski definition) is 2. The van der Waals surface area contributed by atoms with E-state index in [4.69, 9.17) is 10.3 Å². The van der Waals surface area contributed by atoms with Gasteiger partial charge in [0.25, 0.3) is 0 Å². The molecule has 1 saturated carbocycles. The Morgan fingerprint density at radius 2 is 2.50 bits per heavy atom. The van der Waals surface area contributed by atoms with Gasteiger partial charge in [-0.05, 0) is 25.3 Å². The third-order valence-corrected chi connectivity index (χ3v) is 2.99. The summed E-state index contributed by atoms with van der Waals surface area (Å²) in [5.74, 6) is 1.53. The first-order valence-electron chi connectivity index (χ1n) is 5.23. The third kappa shape index (κ3) is 2.13. The fraction of sp³-hybridized carbons (Fsp3) is 0.700. The molecule has 78 valence electrons. The van der Waals surface area contributed by atoms with Crippen molar-refractivity contribution in [3.8, 4) is 0 Å². The van der Waals surface area contributed by atoms with Crippen LogP contribution < -0.4 is 11.1 Å². The first-order chi connectivity index (χ1) is 6.90. The maximum atomic E-state index is 5.70. The van der Waals surface area contributed by atoms with Gasteiger partial charge in [-0.1, -0.05) is 11.6 Å². The van der Waals surface area contributed by atoms with Gasteiger partial charge in [-0.2, -0.15) is 0 Å². The van der Waals surface area contributed by atoms with E-state index in [2.05, 4.69) is 10.5 Å². The van der Waals surface area contributed by atoms with Crippen molar-refractivity contribution < 1.29 is 4.52 Å². The largest absolute Gasteiger partial charge is 0.360 e. The van der Waals surface area contributed by atoms with Crippen LogP contribution in [0.1, 0.15) is 25.0 Å². The van der Waals surface area contributed by atoms with Gasteiger partial charge in [0.05, 0.1) is 12.7 Å². The molecule has 4 heteroatoms. The summed E-state index contributed by atoms with van der Waals surface area (Å²) in [5, 5.41) is 7.14. The van der Waals surface area contributed by atoms with Crippen molar-refractivity contribution in [2.75, 3.05) is 6.54 Å². The molecule has 0 amide bonds. The predicted molar refractivity (Wildman–Crippen MR) is 53.5 cm³/mol. The smallest absolute Gasteiger partial charge is 0.150 e. The van der Waals surface area contributed by atoms with E-state index < -0.39 is 0 Å². The molecule has 1 fully saturated rings. The van der Waals surface area contributed by atoms with Crippen LogP contribution in [0.2, 0.25) is 0 Å². The molecule has 0 spiro atoms. The van der Waals surface area contributed by atoms with E-state index in [0.717, 1.165) is 18.8 Å². The molecular formula is C10H17N3O. The van der Waals surface area contributed by atoms with Crippen molar-refractivity contribution >= 4 is 0 Å². The minimum absolute atomic E-state index is 0.560. The lowest BCUT2D eigenvalue weighted by Gasteiger charge is -2.18. The molecule has 0 radical (unpaired) electrons. The van der Waals surface area contributed by atoms with E-state index in [1.807, 2.05) is 6.07 Å². The van der Waals surface area contributed by atoms with Crippen molar-refractivity contribution in [2.45, 2.75) is 31.8 Å². The molecule has 1 heterocycles. The molecule has 1 aliphatic rings. The molecular weight excluding hydrogens is 178 g/mol. The Bertz CT molecular complexity index is 260. The van der Waals surface area contributed by atoms with Crippen LogP contribution in [0.4, 0.5) is 0 Å². The lowest BCUT2D eigenvalue weighted by molar-refractivity contribution is 0.343. The molecule has 0 bridgehead atoms. The van der Waals surface area contributed by atoms with Crippen LogP contribution >= 0.6 is 0 Å². The molecule has 2 atom stereocenters. The van der Waals surface area contributed by atoms with E-state index in [1.54, 1.807) is 6.20 Å². The molecule has 1 aromatic heterocycles. The van der Waals surface area contributed by atoms with Gasteiger partial charge in [-0.15, -0.1) is 0 Å². The second kappa shape index (κ2) is 4.57. The highest BCUT2D eigenvalue weighted by atomic mass is 16.5. The predicted octanol–water partition coefficient (Wildman–Crippen LogP) is 0.892. The van der Waals surface area contributed by atoms with Gasteiger partial charge in [0.15, 0.2) is 0 Å². The number of nitrogens with one attached hydrogen (secondary N) is 1. The molecule has 2 unspecified atom stereocenters. The Hall–Kier alpha value is -0.870. The van der Waals surface area contributed by atoms with Crippen LogP contribution in [0.5, 0.6) is 0 Å². The van der Waals surface area contributed by atoms with Crippen LogP contribution in [-0.2, 0) is 6.54 Å². The fourth-order valence-corrected chi connectivity index (χ4v) is 2.15. The Kier molecular flexibility index (Phi) is 3.16. The zero-order chi connectivity index (χ0) is 9.80. The van der Waals surface area contributed by atoms with Gasteiger partial charge >= 0.3 is 0 Å². The first-order valence-corrected chi connectivity index (χ1v) is 5.23. The summed E-state index contributed by atoms with van der Waals surface area (Å²) in [6, 6.07) is 2.45. The van der Waals surface area contributed by atoms with Crippen molar-refractivity contribution in [3.63, 3.8) is 0 Å². The van der Waals surface area contributed by atoms with E-state index in [1.165, 1.54) is 19.3 Å². The highest BCUT2D eigenvalue weighted by Gasteiger charge is 2.25. The van der Waals surface area contributed by atoms with E-state index in [-0.39, 0.29) is 0 Å². The van der Waals surface area contributed by atoms with Crippen molar-refractivity contribution in [1.82, 2.24) is 10.5 Å². The summed E-state index contributed by atoms with van der Waals surface area (Å²) in [6.45, 7) is 1.55. The van der Waals surface area contributed by atoms with Crippen molar-refractivity contribution in [2.24, 2.45) is 11.7 Å². The number of nitrogens with zero attached hydrogens (tertiary/aromatic N) is 1. The zero-order valence-corrected chi connectivity index (χ0v) is 8.28. The SMILES string of the molecule is NCC1CCCC1NCc1ccno1. The summed E-state index contributed by atoms with van der Waals surface area (Å²) in [5.41, 5.74) is 5.70. The van der Waals surface area contributed by atoms with Gasteiger partial charge < -0.3 is 15.6 Å². The minimum Gasteiger partial charge on any atom is -0.360 e. The van der Waals surface area contributed by atoms with Crippen molar-refractivity contribution in [3.05, 3.63) is 18.0 Å². The molecule has 0 aromatic carbocycles. The molecule has 4 nitrogen and oxygen atoms in total. The first kappa shape index (κ1) is 9.68. The quantitative estimate of drug-likeness (QED) is 0.749. The van der Waals surface area contributed by atoms with Crippen molar-refractivity contribution in [1.29, 1.82) is 0 Å². The Morgan fingerprint density at radius 1 is 1.57 bits per heavy atom. The monoisotopic (exact) mass is 195 g/mol. The van der Waals surface area contributed by atoms with Gasteiger partial charge in [0, 0.05) is 12.1 Å². The summed E-state index contributed by atoms with van der Waals surface area (Å²) < 4.78 is 5.02. The molecule has 14 heavy (non-hydrogen) atoms. The highest BCUT2D eigenvalue weighted by molar-refractivity contribution is 4.94. The number of aromatic nitrogens is 1. The second-order valence-corrected chi connectivity index (χ2v) is 3.89. The molecule has 2 rings (SSSR count). The van der Waals surface area contributed by atoms with E-state index in [0.29, 0.717) is 12.0 Å². The maximum Gasteiger partial charge on any atom is 0.150 e. The minimum atomic E-state index is 0.560. The van der Waals surface area contributed by atoms with Gasteiger partial charge in [-0.3, -0.25) is 0 Å². The summed E-state index contributed by atoms with van der Waals surface area (Å²) in [4.78, 5) is 0. The Balaban J connectivity index is 1.80. The lowest BCUT2D eigenvalue weighted by Crippen LogP contribution is -2.35. The average molecular weight is 195 g/mol. The van der Waals surface area contributed by atoms with Crippen LogP contribution in [-0.4, -0.2) is 17.7 Å². The third-order valence-electron chi connectivity index (χ3n) is 2.99. The van der Waals surface area contributed by atoms with Crippen LogP contribution in [0.15, 0.2) is 16.8 Å². The number of nitrogens with two attached hydrogens (primary N) is 1. The van der Waals surface area contributed by atoms with Gasteiger partial charge in [0.2, 0.25) is 0 Å². The number of rotatable bonds is 4. The lowest BCUT2D eigenvalue weighted by atomic mass is 10.0. The number of hydrogen-bond acceptors (Lipinski definition) is 4. The second-order valence-electron chi connectivity index (χ2n) is 3.89.